The highest BCUT2D eigenvalue weighted by Crippen LogP contribution is 2.56. The van der Waals surface area contributed by atoms with Crippen molar-refractivity contribution in [3.05, 3.63) is 0 Å². The number of hydrogen-bond acceptors (Lipinski definition) is 1. The molecule has 1 heterocycles. The van der Waals surface area contributed by atoms with Crippen LogP contribution in [-0.4, -0.2) is 24.1 Å². The second kappa shape index (κ2) is 1.49. The van der Waals surface area contributed by atoms with Crippen molar-refractivity contribution in [3.63, 3.8) is 0 Å². The molecule has 2 aliphatic rings. The molecule has 10 heavy (non-hydrogen) atoms. The average molecular weight is 151 g/mol. The molecule has 0 atom stereocenters. The molecule has 58 valence electrons. The largest absolute Gasteiger partial charge is 0.249 e. The third kappa shape index (κ3) is 0.746. The minimum atomic E-state index is -2.50. The molecule has 0 amide bonds. The molecular weight excluding hydrogens is 143 g/mol. The Bertz CT molecular complexity index is 152. The van der Waals surface area contributed by atoms with Gasteiger partial charge >= 0.3 is 0 Å². The summed E-state index contributed by atoms with van der Waals surface area (Å²) in [6.45, 7) is 0.422. The molecule has 0 aromatic rings. The first kappa shape index (κ1) is 6.46. The van der Waals surface area contributed by atoms with Gasteiger partial charge in [0.15, 0.2) is 0 Å². The van der Waals surface area contributed by atoms with Gasteiger partial charge in [-0.25, -0.2) is 8.78 Å². The summed E-state index contributed by atoms with van der Waals surface area (Å²) in [6.07, 6.45) is -0.221. The molecule has 1 saturated carbocycles. The Balaban J connectivity index is 1.91. The van der Waals surface area contributed by atoms with Gasteiger partial charge in [0, 0.05) is 31.3 Å². The highest BCUT2D eigenvalue weighted by atomic mass is 19.3. The van der Waals surface area contributed by atoms with E-state index >= 15 is 0 Å². The number of halogens is 3. The van der Waals surface area contributed by atoms with Crippen molar-refractivity contribution in [3.8, 4) is 0 Å². The van der Waals surface area contributed by atoms with Crippen LogP contribution in [-0.2, 0) is 0 Å². The van der Waals surface area contributed by atoms with Crippen molar-refractivity contribution in [1.82, 2.24) is 5.12 Å². The third-order valence-corrected chi connectivity index (χ3v) is 2.28. The topological polar surface area (TPSA) is 3.24 Å². The maximum absolute atomic E-state index is 12.2. The molecule has 2 fully saturated rings. The zero-order valence-electron chi connectivity index (χ0n) is 5.41. The molecule has 1 aliphatic heterocycles. The normalized spacial score (nSPS) is 35.1. The van der Waals surface area contributed by atoms with Gasteiger partial charge in [0.2, 0.25) is 5.92 Å². The van der Waals surface area contributed by atoms with Gasteiger partial charge in [-0.1, -0.05) is 0 Å². The lowest BCUT2D eigenvalue weighted by molar-refractivity contribution is -0.253. The summed E-state index contributed by atoms with van der Waals surface area (Å²) in [5.41, 5.74) is -0.349. The van der Waals surface area contributed by atoms with Crippen molar-refractivity contribution >= 4 is 0 Å². The fourth-order valence-electron chi connectivity index (χ4n) is 1.95. The first-order valence-corrected chi connectivity index (χ1v) is 3.30. The molecular formula is C6H8F3N. The molecule has 0 unspecified atom stereocenters. The van der Waals surface area contributed by atoms with E-state index in [1.165, 1.54) is 0 Å². The van der Waals surface area contributed by atoms with E-state index in [4.69, 9.17) is 0 Å². The Labute approximate surface area is 56.7 Å². The van der Waals surface area contributed by atoms with E-state index in [1.807, 2.05) is 0 Å². The molecule has 1 spiro atoms. The Morgan fingerprint density at radius 3 is 1.90 bits per heavy atom. The van der Waals surface area contributed by atoms with Crippen LogP contribution in [0.2, 0.25) is 0 Å². The lowest BCUT2D eigenvalue weighted by Crippen LogP contribution is -2.63. The zero-order chi connectivity index (χ0) is 7.41. The number of alkyl halides is 2. The van der Waals surface area contributed by atoms with Crippen molar-refractivity contribution in [1.29, 1.82) is 0 Å². The van der Waals surface area contributed by atoms with Gasteiger partial charge in [0.1, 0.15) is 0 Å². The Morgan fingerprint density at radius 1 is 1.10 bits per heavy atom. The summed E-state index contributed by atoms with van der Waals surface area (Å²) in [4.78, 5) is 0. The summed E-state index contributed by atoms with van der Waals surface area (Å²) >= 11 is 0. The van der Waals surface area contributed by atoms with Crippen LogP contribution in [0.1, 0.15) is 12.8 Å². The highest BCUT2D eigenvalue weighted by molar-refractivity contribution is 5.06. The van der Waals surface area contributed by atoms with Gasteiger partial charge in [-0.2, -0.15) is 0 Å². The average Bonchev–Trinajstić information content (AvgIpc) is 1.55. The first-order chi connectivity index (χ1) is 4.52. The van der Waals surface area contributed by atoms with Crippen molar-refractivity contribution in [2.75, 3.05) is 13.1 Å². The monoisotopic (exact) mass is 151 g/mol. The summed E-state index contributed by atoms with van der Waals surface area (Å²) in [7, 11) is 0. The molecule has 2 rings (SSSR count). The van der Waals surface area contributed by atoms with Gasteiger partial charge in [-0.05, 0) is 0 Å². The fourth-order valence-corrected chi connectivity index (χ4v) is 1.95. The molecule has 0 aromatic heterocycles. The predicted octanol–water partition coefficient (Wildman–Crippen LogP) is 1.60. The highest BCUT2D eigenvalue weighted by Gasteiger charge is 2.62. The van der Waals surface area contributed by atoms with Gasteiger partial charge in [-0.15, -0.1) is 9.60 Å². The zero-order valence-corrected chi connectivity index (χ0v) is 5.41. The van der Waals surface area contributed by atoms with Crippen LogP contribution in [0.25, 0.3) is 0 Å². The van der Waals surface area contributed by atoms with E-state index in [-0.39, 0.29) is 31.3 Å². The Hall–Kier alpha value is -0.250. The van der Waals surface area contributed by atoms with E-state index in [0.29, 0.717) is 5.12 Å². The van der Waals surface area contributed by atoms with Gasteiger partial charge in [-0.3, -0.25) is 0 Å². The third-order valence-electron chi connectivity index (χ3n) is 2.28. The summed E-state index contributed by atoms with van der Waals surface area (Å²) < 4.78 is 36.6. The Kier molecular flexibility index (Phi) is 0.966. The quantitative estimate of drug-likeness (QED) is 0.475. The second-order valence-corrected chi connectivity index (χ2v) is 3.49. The molecule has 0 aromatic carbocycles. The molecule has 4 heteroatoms. The Morgan fingerprint density at radius 2 is 1.60 bits per heavy atom. The maximum Gasteiger partial charge on any atom is 0.249 e. The predicted molar refractivity (Wildman–Crippen MR) is 29.3 cm³/mol. The van der Waals surface area contributed by atoms with Gasteiger partial charge in [0.25, 0.3) is 0 Å². The first-order valence-electron chi connectivity index (χ1n) is 3.30. The van der Waals surface area contributed by atoms with Gasteiger partial charge in [0.05, 0.1) is 0 Å². The lowest BCUT2D eigenvalue weighted by Gasteiger charge is -2.55. The lowest BCUT2D eigenvalue weighted by atomic mass is 9.62. The summed E-state index contributed by atoms with van der Waals surface area (Å²) in [6, 6.07) is 0. The van der Waals surface area contributed by atoms with Crippen molar-refractivity contribution < 1.29 is 13.3 Å². The fraction of sp³-hybridized carbons (Fsp3) is 1.00. The smallest absolute Gasteiger partial charge is 0.207 e. The summed E-state index contributed by atoms with van der Waals surface area (Å²) in [5, 5.41) is 0.592. The van der Waals surface area contributed by atoms with E-state index in [9.17, 15) is 13.3 Å². The van der Waals surface area contributed by atoms with Crippen molar-refractivity contribution in [2.45, 2.75) is 18.8 Å². The molecule has 1 nitrogen and oxygen atoms in total. The number of hydrogen-bond donors (Lipinski definition) is 0. The molecule has 1 aliphatic carbocycles. The van der Waals surface area contributed by atoms with E-state index in [0.717, 1.165) is 0 Å². The standard InChI is InChI=1S/C6H8F3N/c7-6(8)1-5(2-6)3-10(9)4-5/h1-4H2. The number of nitrogens with zero attached hydrogens (tertiary/aromatic N) is 1. The maximum atomic E-state index is 12.2. The minimum Gasteiger partial charge on any atom is -0.207 e. The van der Waals surface area contributed by atoms with Gasteiger partial charge < -0.3 is 0 Å². The van der Waals surface area contributed by atoms with Crippen LogP contribution in [0.15, 0.2) is 0 Å². The number of rotatable bonds is 0. The molecule has 0 bridgehead atoms. The minimum absolute atomic E-state index is 0.111. The molecule has 0 radical (unpaired) electrons. The van der Waals surface area contributed by atoms with E-state index in [2.05, 4.69) is 0 Å². The van der Waals surface area contributed by atoms with Crippen LogP contribution in [0, 0.1) is 5.41 Å². The summed E-state index contributed by atoms with van der Waals surface area (Å²) in [5.74, 6) is -2.50. The molecule has 1 saturated heterocycles. The van der Waals surface area contributed by atoms with Crippen LogP contribution in [0.3, 0.4) is 0 Å². The second-order valence-electron chi connectivity index (χ2n) is 3.49. The van der Waals surface area contributed by atoms with Crippen LogP contribution >= 0.6 is 0 Å². The van der Waals surface area contributed by atoms with E-state index in [1.54, 1.807) is 0 Å². The van der Waals surface area contributed by atoms with Crippen molar-refractivity contribution in [2.24, 2.45) is 5.41 Å². The van der Waals surface area contributed by atoms with E-state index < -0.39 is 5.92 Å². The van der Waals surface area contributed by atoms with Crippen LogP contribution in [0.5, 0.6) is 0 Å². The SMILES string of the molecule is FN1CC2(C1)CC(F)(F)C2. The van der Waals surface area contributed by atoms with Crippen LogP contribution in [0.4, 0.5) is 13.3 Å². The van der Waals surface area contributed by atoms with Crippen LogP contribution < -0.4 is 0 Å². The molecule has 0 N–H and O–H groups in total.